The maximum absolute atomic E-state index is 4.41. The zero-order valence-electron chi connectivity index (χ0n) is 17.2. The van der Waals surface area contributed by atoms with Crippen molar-refractivity contribution in [2.24, 2.45) is 23.4 Å². The molecular formula is C19H37IN6. The van der Waals surface area contributed by atoms with Crippen LogP contribution >= 0.6 is 24.0 Å². The molecule has 0 bridgehead atoms. The van der Waals surface area contributed by atoms with E-state index in [1.165, 1.54) is 31.2 Å². The van der Waals surface area contributed by atoms with Gasteiger partial charge in [-0.25, -0.2) is 0 Å². The minimum absolute atomic E-state index is 0. The van der Waals surface area contributed by atoms with Crippen LogP contribution in [0.1, 0.15) is 51.1 Å². The number of aromatic nitrogens is 2. The smallest absolute Gasteiger partial charge is 0.191 e. The average Bonchev–Trinajstić information content (AvgIpc) is 2.93. The van der Waals surface area contributed by atoms with Gasteiger partial charge in [-0.05, 0) is 44.7 Å². The maximum Gasteiger partial charge on any atom is 0.191 e. The summed E-state index contributed by atoms with van der Waals surface area (Å²) in [6.07, 6.45) is 9.36. The van der Waals surface area contributed by atoms with Gasteiger partial charge in [-0.2, -0.15) is 5.10 Å². The van der Waals surface area contributed by atoms with Crippen molar-refractivity contribution in [1.82, 2.24) is 25.3 Å². The molecule has 0 aromatic carbocycles. The average molecular weight is 476 g/mol. The van der Waals surface area contributed by atoms with E-state index in [-0.39, 0.29) is 30.0 Å². The summed E-state index contributed by atoms with van der Waals surface area (Å²) in [5, 5.41) is 11.4. The van der Waals surface area contributed by atoms with E-state index >= 15 is 0 Å². The lowest BCUT2D eigenvalue weighted by molar-refractivity contribution is 0.104. The third kappa shape index (κ3) is 6.40. The maximum atomic E-state index is 4.41. The quantitative estimate of drug-likeness (QED) is 0.344. The largest absolute Gasteiger partial charge is 0.356 e. The normalized spacial score (nSPS) is 17.6. The summed E-state index contributed by atoms with van der Waals surface area (Å²) in [6, 6.07) is 0.264. The lowest BCUT2D eigenvalue weighted by atomic mass is 9.64. The van der Waals surface area contributed by atoms with Crippen LogP contribution in [0.5, 0.6) is 0 Å². The summed E-state index contributed by atoms with van der Waals surface area (Å²) in [7, 11) is 8.00. The van der Waals surface area contributed by atoms with Gasteiger partial charge in [0, 0.05) is 38.9 Å². The Morgan fingerprint density at radius 1 is 1.35 bits per heavy atom. The molecule has 1 unspecified atom stereocenters. The first kappa shape index (κ1) is 23.2. The Kier molecular flexibility index (Phi) is 9.36. The summed E-state index contributed by atoms with van der Waals surface area (Å²) < 4.78 is 1.85. The van der Waals surface area contributed by atoms with Gasteiger partial charge in [-0.3, -0.25) is 9.67 Å². The fraction of sp³-hybridized carbons (Fsp3) is 0.789. The van der Waals surface area contributed by atoms with Gasteiger partial charge in [-0.15, -0.1) is 24.0 Å². The van der Waals surface area contributed by atoms with Crippen molar-refractivity contribution >= 4 is 29.9 Å². The highest BCUT2D eigenvalue weighted by molar-refractivity contribution is 14.0. The van der Waals surface area contributed by atoms with Crippen LogP contribution in [0.25, 0.3) is 0 Å². The molecule has 7 heteroatoms. The standard InChI is InChI=1S/C19H36N6.HI/c1-15(2)10-19(8-7-9-19)14-22-18(20-3)21-12-17(24(4)5)16-11-23-25(6)13-16;/h11,13,15,17H,7-10,12,14H2,1-6H3,(H2,20,21,22);1H. The molecule has 26 heavy (non-hydrogen) atoms. The van der Waals surface area contributed by atoms with Gasteiger partial charge in [0.05, 0.1) is 12.2 Å². The molecule has 150 valence electrons. The van der Waals surface area contributed by atoms with Gasteiger partial charge in [-0.1, -0.05) is 20.3 Å². The van der Waals surface area contributed by atoms with Crippen LogP contribution < -0.4 is 10.6 Å². The molecule has 2 N–H and O–H groups in total. The number of rotatable bonds is 8. The second kappa shape index (κ2) is 10.5. The number of halogens is 1. The van der Waals surface area contributed by atoms with Crippen LogP contribution in [0.4, 0.5) is 0 Å². The summed E-state index contributed by atoms with van der Waals surface area (Å²) in [5.74, 6) is 1.64. The van der Waals surface area contributed by atoms with E-state index in [0.717, 1.165) is 25.0 Å². The molecule has 1 aliphatic carbocycles. The molecule has 1 heterocycles. The SMILES string of the molecule is CN=C(NCC(c1cnn(C)c1)N(C)C)NCC1(CC(C)C)CCC1.I. The highest BCUT2D eigenvalue weighted by Gasteiger charge is 2.37. The van der Waals surface area contributed by atoms with Crippen molar-refractivity contribution in [3.8, 4) is 0 Å². The van der Waals surface area contributed by atoms with Crippen molar-refractivity contribution in [3.63, 3.8) is 0 Å². The van der Waals surface area contributed by atoms with Crippen molar-refractivity contribution in [3.05, 3.63) is 18.0 Å². The summed E-state index contributed by atoms with van der Waals surface area (Å²) in [4.78, 5) is 6.63. The summed E-state index contributed by atoms with van der Waals surface area (Å²) in [5.41, 5.74) is 1.68. The minimum atomic E-state index is 0. The van der Waals surface area contributed by atoms with Crippen LogP contribution in [0.3, 0.4) is 0 Å². The highest BCUT2D eigenvalue weighted by atomic mass is 127. The molecule has 1 aromatic rings. The first-order valence-corrected chi connectivity index (χ1v) is 9.45. The first-order valence-electron chi connectivity index (χ1n) is 9.45. The number of nitrogens with one attached hydrogen (secondary N) is 2. The van der Waals surface area contributed by atoms with Crippen molar-refractivity contribution in [2.45, 2.75) is 45.6 Å². The molecule has 2 rings (SSSR count). The Labute approximate surface area is 176 Å². The Morgan fingerprint density at radius 2 is 2.04 bits per heavy atom. The van der Waals surface area contributed by atoms with E-state index in [9.17, 15) is 0 Å². The number of aryl methyl sites for hydroxylation is 1. The first-order chi connectivity index (χ1) is 11.8. The number of nitrogens with zero attached hydrogens (tertiary/aromatic N) is 4. The predicted molar refractivity (Wildman–Crippen MR) is 120 cm³/mol. The molecule has 1 fully saturated rings. The minimum Gasteiger partial charge on any atom is -0.356 e. The zero-order valence-corrected chi connectivity index (χ0v) is 19.6. The molecule has 0 saturated heterocycles. The van der Waals surface area contributed by atoms with Crippen LogP contribution in [-0.2, 0) is 7.05 Å². The topological polar surface area (TPSA) is 57.5 Å². The van der Waals surface area contributed by atoms with E-state index in [0.29, 0.717) is 5.41 Å². The lowest BCUT2D eigenvalue weighted by Gasteiger charge is -2.43. The molecule has 0 amide bonds. The molecule has 0 radical (unpaired) electrons. The van der Waals surface area contributed by atoms with Crippen LogP contribution in [0, 0.1) is 11.3 Å². The molecule has 6 nitrogen and oxygen atoms in total. The van der Waals surface area contributed by atoms with Gasteiger partial charge in [0.15, 0.2) is 5.96 Å². The van der Waals surface area contributed by atoms with E-state index < -0.39 is 0 Å². The Hall–Kier alpha value is -0.830. The second-order valence-corrected chi connectivity index (χ2v) is 8.18. The van der Waals surface area contributed by atoms with Gasteiger partial charge in [0.1, 0.15) is 0 Å². The molecule has 1 atom stereocenters. The third-order valence-corrected chi connectivity index (χ3v) is 5.31. The number of hydrogen-bond donors (Lipinski definition) is 2. The van der Waals surface area contributed by atoms with Gasteiger partial charge < -0.3 is 15.5 Å². The third-order valence-electron chi connectivity index (χ3n) is 5.31. The predicted octanol–water partition coefficient (Wildman–Crippen LogP) is 3.02. The monoisotopic (exact) mass is 476 g/mol. The summed E-state index contributed by atoms with van der Waals surface area (Å²) in [6.45, 7) is 6.46. The number of aliphatic imine (C=N–C) groups is 1. The molecule has 1 aliphatic rings. The van der Waals surface area contributed by atoms with E-state index in [1.54, 1.807) is 0 Å². The Morgan fingerprint density at radius 3 is 2.46 bits per heavy atom. The van der Waals surface area contributed by atoms with Crippen molar-refractivity contribution < 1.29 is 0 Å². The van der Waals surface area contributed by atoms with Crippen LogP contribution in [0.2, 0.25) is 0 Å². The van der Waals surface area contributed by atoms with Crippen molar-refractivity contribution in [1.29, 1.82) is 0 Å². The molecular weight excluding hydrogens is 439 g/mol. The van der Waals surface area contributed by atoms with Crippen molar-refractivity contribution in [2.75, 3.05) is 34.2 Å². The Balaban J connectivity index is 0.00000338. The van der Waals surface area contributed by atoms with E-state index in [1.807, 2.05) is 25.0 Å². The number of hydrogen-bond acceptors (Lipinski definition) is 3. The van der Waals surface area contributed by atoms with E-state index in [4.69, 9.17) is 0 Å². The molecule has 1 saturated carbocycles. The van der Waals surface area contributed by atoms with E-state index in [2.05, 4.69) is 59.8 Å². The second-order valence-electron chi connectivity index (χ2n) is 8.18. The lowest BCUT2D eigenvalue weighted by Crippen LogP contribution is -2.48. The zero-order chi connectivity index (χ0) is 18.4. The van der Waals surface area contributed by atoms with Gasteiger partial charge in [0.25, 0.3) is 0 Å². The molecule has 0 spiro atoms. The Bertz CT molecular complexity index is 562. The molecule has 1 aromatic heterocycles. The van der Waals surface area contributed by atoms with Gasteiger partial charge in [0.2, 0.25) is 0 Å². The van der Waals surface area contributed by atoms with Crippen LogP contribution in [-0.4, -0.2) is 54.9 Å². The summed E-state index contributed by atoms with van der Waals surface area (Å²) >= 11 is 0. The molecule has 0 aliphatic heterocycles. The number of likely N-dealkylation sites (N-methyl/N-ethyl adjacent to an activating group) is 1. The fourth-order valence-electron chi connectivity index (χ4n) is 3.89. The fourth-order valence-corrected chi connectivity index (χ4v) is 3.89. The highest BCUT2D eigenvalue weighted by Crippen LogP contribution is 2.45. The number of guanidine groups is 1. The van der Waals surface area contributed by atoms with Gasteiger partial charge >= 0.3 is 0 Å². The van der Waals surface area contributed by atoms with Crippen LogP contribution in [0.15, 0.2) is 17.4 Å².